The summed E-state index contributed by atoms with van der Waals surface area (Å²) in [5.41, 5.74) is -2.18. The molecule has 0 radical (unpaired) electrons. The van der Waals surface area contributed by atoms with Gasteiger partial charge in [0.1, 0.15) is 17.0 Å². The minimum atomic E-state index is -4.79. The van der Waals surface area contributed by atoms with Crippen molar-refractivity contribution >= 4 is 5.97 Å². The molecule has 1 rings (SSSR count). The molecule has 1 aromatic rings. The Labute approximate surface area is 75.6 Å². The highest BCUT2D eigenvalue weighted by Crippen LogP contribution is 2.35. The summed E-state index contributed by atoms with van der Waals surface area (Å²) in [6, 6.07) is 0.275. The van der Waals surface area contributed by atoms with E-state index < -0.39 is 29.2 Å². The van der Waals surface area contributed by atoms with Crippen LogP contribution in [0, 0.1) is 0 Å². The van der Waals surface area contributed by atoms with Crippen LogP contribution >= 0.6 is 0 Å². The number of aromatic hydroxyl groups is 1. The first kappa shape index (κ1) is 10.3. The van der Waals surface area contributed by atoms with Gasteiger partial charge in [0.2, 0.25) is 0 Å². The third kappa shape index (κ3) is 1.93. The summed E-state index contributed by atoms with van der Waals surface area (Å²) in [7, 11) is 0. The zero-order valence-corrected chi connectivity index (χ0v) is 6.54. The molecule has 0 saturated carbocycles. The molecule has 4 nitrogen and oxygen atoms in total. The topological polar surface area (TPSA) is 70.4 Å². The molecular formula is C7H4F3NO3. The van der Waals surface area contributed by atoms with Crippen molar-refractivity contribution in [2.75, 3.05) is 0 Å². The van der Waals surface area contributed by atoms with E-state index in [1.54, 1.807) is 0 Å². The van der Waals surface area contributed by atoms with Gasteiger partial charge in [-0.15, -0.1) is 0 Å². The van der Waals surface area contributed by atoms with Gasteiger partial charge < -0.3 is 10.2 Å². The number of nitrogens with zero attached hydrogens (tertiary/aromatic N) is 1. The lowest BCUT2D eigenvalue weighted by Crippen LogP contribution is -2.09. The van der Waals surface area contributed by atoms with E-state index in [4.69, 9.17) is 10.2 Å². The molecule has 14 heavy (non-hydrogen) atoms. The van der Waals surface area contributed by atoms with Gasteiger partial charge in [-0.3, -0.25) is 0 Å². The third-order valence-corrected chi connectivity index (χ3v) is 1.41. The molecule has 0 spiro atoms. The van der Waals surface area contributed by atoms with Gasteiger partial charge >= 0.3 is 12.1 Å². The summed E-state index contributed by atoms with van der Waals surface area (Å²) < 4.78 is 36.3. The Balaban J connectivity index is 3.29. The highest BCUT2D eigenvalue weighted by Gasteiger charge is 2.34. The molecule has 1 heterocycles. The van der Waals surface area contributed by atoms with Gasteiger partial charge in [0.15, 0.2) is 0 Å². The summed E-state index contributed by atoms with van der Waals surface area (Å²) in [6.45, 7) is 0. The fourth-order valence-corrected chi connectivity index (χ4v) is 0.792. The van der Waals surface area contributed by atoms with Crippen molar-refractivity contribution in [3.8, 4) is 5.75 Å². The maximum absolute atomic E-state index is 12.1. The number of alkyl halides is 3. The summed E-state index contributed by atoms with van der Waals surface area (Å²) in [5.74, 6) is -2.68. The van der Waals surface area contributed by atoms with Gasteiger partial charge in [-0.1, -0.05) is 0 Å². The summed E-state index contributed by atoms with van der Waals surface area (Å²) in [6.07, 6.45) is -4.34. The smallest absolute Gasteiger partial charge is 0.420 e. The van der Waals surface area contributed by atoms with Crippen molar-refractivity contribution < 1.29 is 28.2 Å². The molecule has 0 bridgehead atoms. The minimum absolute atomic E-state index is 0.275. The van der Waals surface area contributed by atoms with E-state index in [0.717, 1.165) is 0 Å². The van der Waals surface area contributed by atoms with Crippen molar-refractivity contribution in [1.82, 2.24) is 4.98 Å². The number of carboxylic acids is 1. The van der Waals surface area contributed by atoms with Crippen molar-refractivity contribution in [1.29, 1.82) is 0 Å². The lowest BCUT2D eigenvalue weighted by Gasteiger charge is -2.08. The Morgan fingerprint density at radius 1 is 1.43 bits per heavy atom. The number of aromatic nitrogens is 1. The lowest BCUT2D eigenvalue weighted by molar-refractivity contribution is -0.138. The average molecular weight is 207 g/mol. The number of aromatic carboxylic acids is 1. The van der Waals surface area contributed by atoms with E-state index in [1.165, 1.54) is 0 Å². The van der Waals surface area contributed by atoms with Crippen molar-refractivity contribution in [2.24, 2.45) is 0 Å². The van der Waals surface area contributed by atoms with Crippen LogP contribution in [0.4, 0.5) is 13.2 Å². The Bertz CT molecular complexity index is 375. The molecule has 2 N–H and O–H groups in total. The van der Waals surface area contributed by atoms with E-state index in [-0.39, 0.29) is 6.07 Å². The Morgan fingerprint density at radius 3 is 2.43 bits per heavy atom. The standard InChI is InChI=1S/C7H4F3NO3/c8-7(9,10)3-1-4(6(13)14)11-2-5(3)12/h1-2,12H,(H,13,14). The maximum Gasteiger partial charge on any atom is 0.420 e. The molecule has 1 aromatic heterocycles. The van der Waals surface area contributed by atoms with Crippen LogP contribution in [-0.2, 0) is 6.18 Å². The molecule has 76 valence electrons. The highest BCUT2D eigenvalue weighted by atomic mass is 19.4. The maximum atomic E-state index is 12.1. The average Bonchev–Trinajstić information content (AvgIpc) is 2.02. The number of halogens is 3. The van der Waals surface area contributed by atoms with Crippen LogP contribution in [0.15, 0.2) is 12.3 Å². The van der Waals surface area contributed by atoms with Crippen LogP contribution in [0.5, 0.6) is 5.75 Å². The quantitative estimate of drug-likeness (QED) is 0.732. The van der Waals surface area contributed by atoms with Gasteiger partial charge in [-0.25, -0.2) is 9.78 Å². The first-order valence-corrected chi connectivity index (χ1v) is 3.32. The Kier molecular flexibility index (Phi) is 2.33. The van der Waals surface area contributed by atoms with E-state index in [2.05, 4.69) is 4.98 Å². The van der Waals surface area contributed by atoms with Crippen LogP contribution in [-0.4, -0.2) is 21.2 Å². The first-order valence-electron chi connectivity index (χ1n) is 3.32. The van der Waals surface area contributed by atoms with E-state index in [0.29, 0.717) is 6.20 Å². The van der Waals surface area contributed by atoms with E-state index in [9.17, 15) is 18.0 Å². The van der Waals surface area contributed by atoms with Gasteiger partial charge in [0, 0.05) is 0 Å². The van der Waals surface area contributed by atoms with Crippen LogP contribution < -0.4 is 0 Å². The molecule has 0 fully saturated rings. The van der Waals surface area contributed by atoms with E-state index in [1.807, 2.05) is 0 Å². The fourth-order valence-electron chi connectivity index (χ4n) is 0.792. The second kappa shape index (κ2) is 3.17. The molecule has 0 unspecified atom stereocenters. The van der Waals surface area contributed by atoms with Gasteiger partial charge in [0.25, 0.3) is 0 Å². The zero-order valence-electron chi connectivity index (χ0n) is 6.54. The normalized spacial score (nSPS) is 11.4. The molecule has 0 saturated heterocycles. The number of hydrogen-bond acceptors (Lipinski definition) is 3. The number of carboxylic acid groups (broad SMARTS) is 1. The number of rotatable bonds is 1. The van der Waals surface area contributed by atoms with Gasteiger partial charge in [0.05, 0.1) is 6.20 Å². The van der Waals surface area contributed by atoms with Gasteiger partial charge in [-0.2, -0.15) is 13.2 Å². The SMILES string of the molecule is O=C(O)c1cc(C(F)(F)F)c(O)cn1. The molecule has 0 aliphatic rings. The lowest BCUT2D eigenvalue weighted by atomic mass is 10.2. The minimum Gasteiger partial charge on any atom is -0.506 e. The summed E-state index contributed by atoms with van der Waals surface area (Å²) in [5, 5.41) is 17.1. The molecular weight excluding hydrogens is 203 g/mol. The molecule has 0 aliphatic carbocycles. The second-order valence-corrected chi connectivity index (χ2v) is 2.39. The van der Waals surface area contributed by atoms with E-state index >= 15 is 0 Å². The van der Waals surface area contributed by atoms with Crippen molar-refractivity contribution in [3.63, 3.8) is 0 Å². The predicted octanol–water partition coefficient (Wildman–Crippen LogP) is 1.50. The predicted molar refractivity (Wildman–Crippen MR) is 37.9 cm³/mol. The third-order valence-electron chi connectivity index (χ3n) is 1.41. The van der Waals surface area contributed by atoms with Crippen LogP contribution in [0.2, 0.25) is 0 Å². The Morgan fingerprint density at radius 2 is 2.00 bits per heavy atom. The fraction of sp³-hybridized carbons (Fsp3) is 0.143. The van der Waals surface area contributed by atoms with Crippen LogP contribution in [0.1, 0.15) is 16.1 Å². The molecule has 7 heteroatoms. The van der Waals surface area contributed by atoms with Crippen molar-refractivity contribution in [2.45, 2.75) is 6.18 Å². The zero-order chi connectivity index (χ0) is 10.9. The molecule has 0 atom stereocenters. The summed E-state index contributed by atoms with van der Waals surface area (Å²) in [4.78, 5) is 13.4. The first-order chi connectivity index (χ1) is 6.32. The van der Waals surface area contributed by atoms with Gasteiger partial charge in [-0.05, 0) is 6.07 Å². The van der Waals surface area contributed by atoms with Crippen LogP contribution in [0.25, 0.3) is 0 Å². The van der Waals surface area contributed by atoms with Crippen LogP contribution in [0.3, 0.4) is 0 Å². The molecule has 0 amide bonds. The summed E-state index contributed by atoms with van der Waals surface area (Å²) >= 11 is 0. The highest BCUT2D eigenvalue weighted by molar-refractivity contribution is 5.85. The molecule has 0 aromatic carbocycles. The number of pyridine rings is 1. The number of carbonyl (C=O) groups is 1. The monoisotopic (exact) mass is 207 g/mol. The van der Waals surface area contributed by atoms with Crippen molar-refractivity contribution in [3.05, 3.63) is 23.5 Å². The Hall–Kier alpha value is -1.79. The largest absolute Gasteiger partial charge is 0.506 e. The number of hydrogen-bond donors (Lipinski definition) is 2. The molecule has 0 aliphatic heterocycles. The second-order valence-electron chi connectivity index (χ2n) is 2.39.